The monoisotopic (exact) mass is 484 g/mol. The third-order valence-electron chi connectivity index (χ3n) is 5.09. The van der Waals surface area contributed by atoms with Gasteiger partial charge in [-0.2, -0.15) is 4.31 Å². The number of carbonyl (C=O) groups is 2. The molecule has 0 saturated heterocycles. The number of carbonyl (C=O) groups excluding carboxylic acids is 2. The number of benzene rings is 3. The fraction of sp³-hybridized carbons (Fsp3) is 0.200. The average Bonchev–Trinajstić information content (AvgIpc) is 2.84. The van der Waals surface area contributed by atoms with Crippen LogP contribution in [-0.4, -0.2) is 37.7 Å². The van der Waals surface area contributed by atoms with Crippen LogP contribution in [0.3, 0.4) is 0 Å². The fourth-order valence-electron chi connectivity index (χ4n) is 3.28. The third-order valence-corrected chi connectivity index (χ3v) is 7.16. The van der Waals surface area contributed by atoms with Gasteiger partial charge in [0.25, 0.3) is 5.91 Å². The summed E-state index contributed by atoms with van der Waals surface area (Å²) < 4.78 is 46.2. The van der Waals surface area contributed by atoms with Crippen molar-refractivity contribution in [3.05, 3.63) is 95.3 Å². The molecule has 0 saturated carbocycles. The van der Waals surface area contributed by atoms with Gasteiger partial charge in [0.1, 0.15) is 16.5 Å². The molecule has 3 aromatic carbocycles. The highest BCUT2D eigenvalue weighted by molar-refractivity contribution is 7.89. The summed E-state index contributed by atoms with van der Waals surface area (Å²) in [4.78, 5) is 24.5. The Morgan fingerprint density at radius 1 is 0.912 bits per heavy atom. The molecular weight excluding hydrogens is 459 g/mol. The second kappa shape index (κ2) is 11.0. The van der Waals surface area contributed by atoms with Gasteiger partial charge in [-0.1, -0.05) is 50.2 Å². The molecule has 3 rings (SSSR count). The van der Waals surface area contributed by atoms with Crippen LogP contribution in [0.15, 0.2) is 77.7 Å². The highest BCUT2D eigenvalue weighted by Gasteiger charge is 2.27. The van der Waals surface area contributed by atoms with E-state index in [1.165, 1.54) is 12.1 Å². The molecule has 0 atom stereocenters. The molecule has 1 amide bonds. The van der Waals surface area contributed by atoms with E-state index in [-0.39, 0.29) is 35.9 Å². The molecule has 0 aliphatic rings. The molecule has 0 fully saturated rings. The van der Waals surface area contributed by atoms with Crippen LogP contribution in [0.5, 0.6) is 5.75 Å². The lowest BCUT2D eigenvalue weighted by Gasteiger charge is -2.19. The van der Waals surface area contributed by atoms with Gasteiger partial charge in [0, 0.05) is 25.2 Å². The Balaban J connectivity index is 1.75. The minimum absolute atomic E-state index is 0.0924. The maximum Gasteiger partial charge on any atom is 0.343 e. The molecule has 1 N–H and O–H groups in total. The zero-order chi connectivity index (χ0) is 24.7. The van der Waals surface area contributed by atoms with Crippen molar-refractivity contribution in [2.24, 2.45) is 0 Å². The van der Waals surface area contributed by atoms with E-state index >= 15 is 0 Å². The van der Waals surface area contributed by atoms with Crippen molar-refractivity contribution in [3.8, 4) is 5.75 Å². The SMILES string of the molecule is CCN(CC)S(=O)(=O)c1cc(C(=O)Oc2cccc(C(=O)NCc3ccccc3)c2)ccc1F. The Labute approximate surface area is 198 Å². The van der Waals surface area contributed by atoms with Crippen molar-refractivity contribution in [2.45, 2.75) is 25.3 Å². The molecule has 0 radical (unpaired) electrons. The van der Waals surface area contributed by atoms with Gasteiger partial charge < -0.3 is 10.1 Å². The predicted molar refractivity (Wildman–Crippen MR) is 126 cm³/mol. The first-order valence-corrected chi connectivity index (χ1v) is 12.1. The number of nitrogens with zero attached hydrogens (tertiary/aromatic N) is 1. The van der Waals surface area contributed by atoms with Gasteiger partial charge in [-0.25, -0.2) is 17.6 Å². The van der Waals surface area contributed by atoms with Crippen LogP contribution in [0.1, 0.15) is 40.1 Å². The van der Waals surface area contributed by atoms with Gasteiger partial charge in [-0.05, 0) is 42.0 Å². The van der Waals surface area contributed by atoms with Crippen LogP contribution >= 0.6 is 0 Å². The van der Waals surface area contributed by atoms with Gasteiger partial charge in [0.05, 0.1) is 5.56 Å². The molecule has 0 heterocycles. The van der Waals surface area contributed by atoms with Gasteiger partial charge in [-0.3, -0.25) is 4.79 Å². The summed E-state index contributed by atoms with van der Waals surface area (Å²) in [6.07, 6.45) is 0. The van der Waals surface area contributed by atoms with Gasteiger partial charge in [0.15, 0.2) is 0 Å². The molecule has 0 aromatic heterocycles. The first-order chi connectivity index (χ1) is 16.3. The Morgan fingerprint density at radius 3 is 2.29 bits per heavy atom. The zero-order valence-corrected chi connectivity index (χ0v) is 19.6. The number of rotatable bonds is 9. The molecule has 3 aromatic rings. The maximum absolute atomic E-state index is 14.3. The summed E-state index contributed by atoms with van der Waals surface area (Å²) in [6, 6.07) is 18.4. The number of nitrogens with one attached hydrogen (secondary N) is 1. The molecule has 34 heavy (non-hydrogen) atoms. The molecule has 7 nitrogen and oxygen atoms in total. The summed E-state index contributed by atoms with van der Waals surface area (Å²) in [5, 5.41) is 2.79. The quantitative estimate of drug-likeness (QED) is 0.366. The number of amides is 1. The van der Waals surface area contributed by atoms with E-state index in [4.69, 9.17) is 4.74 Å². The highest BCUT2D eigenvalue weighted by Crippen LogP contribution is 2.22. The van der Waals surface area contributed by atoms with E-state index in [1.807, 2.05) is 30.3 Å². The van der Waals surface area contributed by atoms with Crippen LogP contribution in [0.4, 0.5) is 4.39 Å². The van der Waals surface area contributed by atoms with Crippen LogP contribution in [-0.2, 0) is 16.6 Å². The average molecular weight is 485 g/mol. The molecular formula is C25H25FN2O5S. The van der Waals surface area contributed by atoms with Crippen LogP contribution in [0, 0.1) is 5.82 Å². The second-order valence-electron chi connectivity index (χ2n) is 7.32. The van der Waals surface area contributed by atoms with Crippen molar-refractivity contribution in [1.82, 2.24) is 9.62 Å². The van der Waals surface area contributed by atoms with Crippen molar-refractivity contribution < 1.29 is 27.1 Å². The van der Waals surface area contributed by atoms with E-state index in [9.17, 15) is 22.4 Å². The largest absolute Gasteiger partial charge is 0.423 e. The molecule has 0 bridgehead atoms. The minimum atomic E-state index is -4.11. The first kappa shape index (κ1) is 25.1. The Kier molecular flexibility index (Phi) is 8.14. The number of hydrogen-bond donors (Lipinski definition) is 1. The van der Waals surface area contributed by atoms with Crippen molar-refractivity contribution in [2.75, 3.05) is 13.1 Å². The predicted octanol–water partition coefficient (Wildman–Crippen LogP) is 4.01. The lowest BCUT2D eigenvalue weighted by Crippen LogP contribution is -2.31. The number of halogens is 1. The van der Waals surface area contributed by atoms with E-state index in [1.54, 1.807) is 26.0 Å². The maximum atomic E-state index is 14.3. The number of hydrogen-bond acceptors (Lipinski definition) is 5. The minimum Gasteiger partial charge on any atom is -0.423 e. The lowest BCUT2D eigenvalue weighted by molar-refractivity contribution is 0.0733. The highest BCUT2D eigenvalue weighted by atomic mass is 32.2. The van der Waals surface area contributed by atoms with Crippen molar-refractivity contribution in [1.29, 1.82) is 0 Å². The Bertz CT molecular complexity index is 1280. The third kappa shape index (κ3) is 5.86. The normalized spacial score (nSPS) is 11.3. The van der Waals surface area contributed by atoms with Gasteiger partial charge >= 0.3 is 5.97 Å². The number of sulfonamides is 1. The molecule has 9 heteroatoms. The Hall–Kier alpha value is -3.56. The van der Waals surface area contributed by atoms with Crippen LogP contribution < -0.4 is 10.1 Å². The van der Waals surface area contributed by atoms with Crippen LogP contribution in [0.25, 0.3) is 0 Å². The van der Waals surface area contributed by atoms with Gasteiger partial charge in [0.2, 0.25) is 10.0 Å². The van der Waals surface area contributed by atoms with Crippen LogP contribution in [0.2, 0.25) is 0 Å². The molecule has 178 valence electrons. The van der Waals surface area contributed by atoms with Crippen molar-refractivity contribution >= 4 is 21.9 Å². The zero-order valence-electron chi connectivity index (χ0n) is 18.8. The number of ether oxygens (including phenoxy) is 1. The lowest BCUT2D eigenvalue weighted by atomic mass is 10.2. The molecule has 0 aliphatic carbocycles. The standard InChI is InChI=1S/C25H25FN2O5S/c1-3-28(4-2)34(31,32)23-16-20(13-14-22(23)26)25(30)33-21-12-8-11-19(15-21)24(29)27-17-18-9-6-5-7-10-18/h5-16H,3-4,17H2,1-2H3,(H,27,29). The Morgan fingerprint density at radius 2 is 1.62 bits per heavy atom. The molecule has 0 spiro atoms. The number of esters is 1. The van der Waals surface area contributed by atoms with Gasteiger partial charge in [-0.15, -0.1) is 0 Å². The fourth-order valence-corrected chi connectivity index (χ4v) is 4.83. The molecule has 0 aliphatic heterocycles. The summed E-state index contributed by atoms with van der Waals surface area (Å²) in [5.41, 5.74) is 1.08. The van der Waals surface area contributed by atoms with Crippen molar-refractivity contribution in [3.63, 3.8) is 0 Å². The summed E-state index contributed by atoms with van der Waals surface area (Å²) >= 11 is 0. The summed E-state index contributed by atoms with van der Waals surface area (Å²) in [6.45, 7) is 3.93. The summed E-state index contributed by atoms with van der Waals surface area (Å²) in [5.74, 6) is -2.09. The van der Waals surface area contributed by atoms with E-state index in [0.717, 1.165) is 28.1 Å². The summed E-state index contributed by atoms with van der Waals surface area (Å²) in [7, 11) is -4.11. The van der Waals surface area contributed by atoms with E-state index in [0.29, 0.717) is 6.54 Å². The molecule has 0 unspecified atom stereocenters. The second-order valence-corrected chi connectivity index (χ2v) is 9.23. The topological polar surface area (TPSA) is 92.8 Å². The van der Waals surface area contributed by atoms with E-state index < -0.39 is 26.7 Å². The first-order valence-electron chi connectivity index (χ1n) is 10.7. The smallest absolute Gasteiger partial charge is 0.343 e. The van der Waals surface area contributed by atoms with E-state index in [2.05, 4.69) is 5.32 Å².